The van der Waals surface area contributed by atoms with Crippen LogP contribution in [0.4, 0.5) is 5.82 Å². The van der Waals surface area contributed by atoms with Gasteiger partial charge in [0.2, 0.25) is 0 Å². The Labute approximate surface area is 142 Å². The van der Waals surface area contributed by atoms with Crippen LogP contribution in [0.5, 0.6) is 0 Å². The van der Waals surface area contributed by atoms with E-state index in [1.807, 2.05) is 38.1 Å². The first-order valence-electron chi connectivity index (χ1n) is 7.90. The fraction of sp³-hybridized carbons (Fsp3) is 0.471. The number of rotatable bonds is 4. The zero-order valence-electron chi connectivity index (χ0n) is 13.8. The van der Waals surface area contributed by atoms with Crippen LogP contribution in [-0.2, 0) is 6.54 Å². The molecule has 1 saturated heterocycles. The van der Waals surface area contributed by atoms with Gasteiger partial charge in [-0.1, -0.05) is 11.6 Å². The Bertz CT molecular complexity index is 671. The topological polar surface area (TPSA) is 45.2 Å². The van der Waals surface area contributed by atoms with Gasteiger partial charge in [-0.15, -0.1) is 0 Å². The van der Waals surface area contributed by atoms with Gasteiger partial charge in [-0.05, 0) is 38.4 Å². The first-order chi connectivity index (χ1) is 11.0. The fourth-order valence-electron chi connectivity index (χ4n) is 3.03. The van der Waals surface area contributed by atoms with E-state index in [0.29, 0.717) is 11.1 Å². The molecule has 0 N–H and O–H groups in total. The summed E-state index contributed by atoms with van der Waals surface area (Å²) in [6.07, 6.45) is 4.01. The average molecular weight is 332 g/mol. The Morgan fingerprint density at radius 2 is 2.13 bits per heavy atom. The minimum absolute atomic E-state index is 0.327. The predicted octanol–water partition coefficient (Wildman–Crippen LogP) is 3.24. The van der Waals surface area contributed by atoms with Crippen LogP contribution in [0.1, 0.15) is 36.1 Å². The molecule has 23 heavy (non-hydrogen) atoms. The molecule has 1 fully saturated rings. The van der Waals surface area contributed by atoms with Crippen molar-refractivity contribution >= 4 is 17.4 Å². The highest BCUT2D eigenvalue weighted by Crippen LogP contribution is 2.33. The maximum Gasteiger partial charge on any atom is 0.132 e. The van der Waals surface area contributed by atoms with Crippen molar-refractivity contribution in [2.75, 3.05) is 25.5 Å². The predicted molar refractivity (Wildman–Crippen MR) is 92.7 cm³/mol. The Morgan fingerprint density at radius 1 is 1.30 bits per heavy atom. The highest BCUT2D eigenvalue weighted by molar-refractivity contribution is 6.30. The van der Waals surface area contributed by atoms with E-state index < -0.39 is 0 Å². The van der Waals surface area contributed by atoms with Crippen LogP contribution in [0.15, 0.2) is 24.4 Å². The Kier molecular flexibility index (Phi) is 4.78. The molecule has 2 aromatic rings. The molecule has 3 rings (SSSR count). The van der Waals surface area contributed by atoms with E-state index in [9.17, 15) is 0 Å². The Hall–Kier alpha value is -1.72. The number of halogens is 1. The molecule has 0 amide bonds. The largest absolute Gasteiger partial charge is 0.363 e. The minimum Gasteiger partial charge on any atom is -0.363 e. The monoisotopic (exact) mass is 331 g/mol. The van der Waals surface area contributed by atoms with Gasteiger partial charge in [-0.2, -0.15) is 0 Å². The van der Waals surface area contributed by atoms with E-state index >= 15 is 0 Å². The molecule has 2 aromatic heterocycles. The van der Waals surface area contributed by atoms with E-state index in [1.165, 1.54) is 6.42 Å². The van der Waals surface area contributed by atoms with Crippen molar-refractivity contribution in [3.05, 3.63) is 46.6 Å². The summed E-state index contributed by atoms with van der Waals surface area (Å²) in [7, 11) is 4.02. The number of anilines is 1. The molecule has 1 aliphatic rings. The second-order valence-corrected chi connectivity index (χ2v) is 6.63. The Balaban J connectivity index is 1.82. The van der Waals surface area contributed by atoms with Crippen molar-refractivity contribution in [2.45, 2.75) is 32.4 Å². The van der Waals surface area contributed by atoms with E-state index in [2.05, 4.69) is 25.9 Å². The van der Waals surface area contributed by atoms with Crippen LogP contribution < -0.4 is 4.90 Å². The van der Waals surface area contributed by atoms with E-state index in [4.69, 9.17) is 11.6 Å². The van der Waals surface area contributed by atoms with Crippen molar-refractivity contribution in [1.82, 2.24) is 19.9 Å². The normalized spacial score (nSPS) is 18.3. The zero-order valence-corrected chi connectivity index (χ0v) is 14.6. The molecule has 0 aromatic carbocycles. The SMILES string of the molecule is Cc1nc([C@H]2CCCN2Cc2ccc(Cl)cn2)cc(N(C)C)n1. The molecular weight excluding hydrogens is 310 g/mol. The van der Waals surface area contributed by atoms with Gasteiger partial charge in [0.15, 0.2) is 0 Å². The van der Waals surface area contributed by atoms with Gasteiger partial charge in [-0.25, -0.2) is 9.97 Å². The molecule has 0 aliphatic carbocycles. The molecule has 3 heterocycles. The summed E-state index contributed by atoms with van der Waals surface area (Å²) in [5, 5.41) is 0.675. The van der Waals surface area contributed by atoms with E-state index in [-0.39, 0.29) is 0 Å². The van der Waals surface area contributed by atoms with Crippen molar-refractivity contribution in [3.8, 4) is 0 Å². The number of likely N-dealkylation sites (tertiary alicyclic amines) is 1. The van der Waals surface area contributed by atoms with Crippen LogP contribution in [0.25, 0.3) is 0 Å². The Morgan fingerprint density at radius 3 is 2.83 bits per heavy atom. The summed E-state index contributed by atoms with van der Waals surface area (Å²) in [5.74, 6) is 1.78. The smallest absolute Gasteiger partial charge is 0.132 e. The van der Waals surface area contributed by atoms with Crippen LogP contribution in [-0.4, -0.2) is 40.5 Å². The standard InChI is InChI=1S/C17H22ClN5/c1-12-20-15(9-17(21-12)22(2)3)16-5-4-8-23(16)11-14-7-6-13(18)10-19-14/h6-7,9-10,16H,4-5,8,11H2,1-3H3/t16-/m1/s1. The van der Waals surface area contributed by atoms with Gasteiger partial charge in [0.05, 0.1) is 22.5 Å². The lowest BCUT2D eigenvalue weighted by Gasteiger charge is -2.24. The maximum atomic E-state index is 5.92. The van der Waals surface area contributed by atoms with Gasteiger partial charge in [0.25, 0.3) is 0 Å². The summed E-state index contributed by atoms with van der Waals surface area (Å²) in [6.45, 7) is 3.84. The molecule has 0 unspecified atom stereocenters. The highest BCUT2D eigenvalue weighted by Gasteiger charge is 2.28. The van der Waals surface area contributed by atoms with Crippen LogP contribution in [0.3, 0.4) is 0 Å². The van der Waals surface area contributed by atoms with Crippen LogP contribution in [0.2, 0.25) is 5.02 Å². The van der Waals surface area contributed by atoms with Gasteiger partial charge < -0.3 is 4.90 Å². The van der Waals surface area contributed by atoms with Gasteiger partial charge in [0, 0.05) is 32.9 Å². The molecule has 0 bridgehead atoms. The van der Waals surface area contributed by atoms with Gasteiger partial charge in [-0.3, -0.25) is 9.88 Å². The van der Waals surface area contributed by atoms with Crippen molar-refractivity contribution < 1.29 is 0 Å². The van der Waals surface area contributed by atoms with Gasteiger partial charge >= 0.3 is 0 Å². The van der Waals surface area contributed by atoms with Crippen molar-refractivity contribution in [3.63, 3.8) is 0 Å². The number of aryl methyl sites for hydroxylation is 1. The molecule has 6 heteroatoms. The zero-order chi connectivity index (χ0) is 16.4. The summed E-state index contributed by atoms with van der Waals surface area (Å²) < 4.78 is 0. The average Bonchev–Trinajstić information content (AvgIpc) is 2.97. The first kappa shape index (κ1) is 16.1. The number of aromatic nitrogens is 3. The van der Waals surface area contributed by atoms with Crippen molar-refractivity contribution in [1.29, 1.82) is 0 Å². The van der Waals surface area contributed by atoms with E-state index in [0.717, 1.165) is 42.5 Å². The molecular formula is C17H22ClN5. The molecule has 0 spiro atoms. The lowest BCUT2D eigenvalue weighted by molar-refractivity contribution is 0.241. The molecule has 1 atom stereocenters. The van der Waals surface area contributed by atoms with Crippen LogP contribution >= 0.6 is 11.6 Å². The number of hydrogen-bond donors (Lipinski definition) is 0. The van der Waals surface area contributed by atoms with Crippen molar-refractivity contribution in [2.24, 2.45) is 0 Å². The number of pyridine rings is 1. The number of hydrogen-bond acceptors (Lipinski definition) is 5. The molecule has 0 radical (unpaired) electrons. The molecule has 5 nitrogen and oxygen atoms in total. The quantitative estimate of drug-likeness (QED) is 0.860. The van der Waals surface area contributed by atoms with E-state index in [1.54, 1.807) is 6.20 Å². The lowest BCUT2D eigenvalue weighted by atomic mass is 10.1. The summed E-state index contributed by atoms with van der Waals surface area (Å²) in [5.41, 5.74) is 2.15. The summed E-state index contributed by atoms with van der Waals surface area (Å²) in [6, 6.07) is 6.32. The van der Waals surface area contributed by atoms with Gasteiger partial charge in [0.1, 0.15) is 11.6 Å². The fourth-order valence-corrected chi connectivity index (χ4v) is 3.14. The summed E-state index contributed by atoms with van der Waals surface area (Å²) in [4.78, 5) is 18.1. The molecule has 0 saturated carbocycles. The minimum atomic E-state index is 0.327. The second-order valence-electron chi connectivity index (χ2n) is 6.19. The third-order valence-corrected chi connectivity index (χ3v) is 4.38. The molecule has 122 valence electrons. The lowest BCUT2D eigenvalue weighted by Crippen LogP contribution is -2.25. The summed E-state index contributed by atoms with van der Waals surface area (Å²) >= 11 is 5.92. The molecule has 1 aliphatic heterocycles. The third kappa shape index (κ3) is 3.79. The second kappa shape index (κ2) is 6.81. The van der Waals surface area contributed by atoms with Crippen LogP contribution in [0, 0.1) is 6.92 Å². The number of nitrogens with zero attached hydrogens (tertiary/aromatic N) is 5. The highest BCUT2D eigenvalue weighted by atomic mass is 35.5. The maximum absolute atomic E-state index is 5.92. The first-order valence-corrected chi connectivity index (χ1v) is 8.28. The third-order valence-electron chi connectivity index (χ3n) is 4.16.